The van der Waals surface area contributed by atoms with E-state index in [2.05, 4.69) is 84.2 Å². The van der Waals surface area contributed by atoms with Gasteiger partial charge in [-0.25, -0.2) is 0 Å². The summed E-state index contributed by atoms with van der Waals surface area (Å²) >= 11 is 2.40. The molecule has 0 saturated carbocycles. The Labute approximate surface area is 116 Å². The van der Waals surface area contributed by atoms with Crippen LogP contribution in [-0.2, 0) is 7.05 Å². The highest BCUT2D eigenvalue weighted by molar-refractivity contribution is 14.1. The third-order valence-electron chi connectivity index (χ3n) is 2.66. The van der Waals surface area contributed by atoms with Crippen molar-refractivity contribution in [3.8, 4) is 0 Å². The summed E-state index contributed by atoms with van der Waals surface area (Å²) < 4.78 is 3.47. The monoisotopic (exact) mass is 340 g/mol. The number of halogens is 1. The minimum atomic E-state index is -0.0282. The van der Waals surface area contributed by atoms with Crippen LogP contribution in [0.5, 0.6) is 0 Å². The predicted octanol–water partition coefficient (Wildman–Crippen LogP) is 4.00. The van der Waals surface area contributed by atoms with Crippen molar-refractivity contribution in [1.29, 1.82) is 0 Å². The van der Waals surface area contributed by atoms with Gasteiger partial charge in [0.25, 0.3) is 0 Å². The molecule has 1 aromatic heterocycles. The zero-order chi connectivity index (χ0) is 12.6. The minimum absolute atomic E-state index is 0.0282. The molecule has 0 N–H and O–H groups in total. The van der Waals surface area contributed by atoms with E-state index in [-0.39, 0.29) is 5.54 Å². The van der Waals surface area contributed by atoms with Crippen LogP contribution in [0.25, 0.3) is 10.9 Å². The van der Waals surface area contributed by atoms with Gasteiger partial charge in [0.2, 0.25) is 0 Å². The van der Waals surface area contributed by atoms with Crippen LogP contribution >= 0.6 is 22.6 Å². The lowest BCUT2D eigenvalue weighted by Crippen LogP contribution is -2.10. The largest absolute Gasteiger partial charge is 0.342 e. The lowest BCUT2D eigenvalue weighted by Gasteiger charge is -2.11. The van der Waals surface area contributed by atoms with Gasteiger partial charge in [-0.3, -0.25) is 4.99 Å². The Balaban J connectivity index is 2.59. The van der Waals surface area contributed by atoms with Gasteiger partial charge < -0.3 is 4.57 Å². The standard InChI is InChI=1S/C14H17IN2/c1-14(2,3)16-9-12-13(15)10-7-5-6-8-11(10)17(12)4/h5-9H,1-4H3. The number of hydrogen-bond acceptors (Lipinski definition) is 1. The molecule has 0 spiro atoms. The molecule has 0 aliphatic heterocycles. The first-order chi connectivity index (χ1) is 7.90. The number of nitrogens with zero attached hydrogens (tertiary/aromatic N) is 2. The summed E-state index contributed by atoms with van der Waals surface area (Å²) in [7, 11) is 2.09. The molecule has 0 atom stereocenters. The highest BCUT2D eigenvalue weighted by atomic mass is 127. The fourth-order valence-electron chi connectivity index (χ4n) is 1.76. The van der Waals surface area contributed by atoms with E-state index in [4.69, 9.17) is 0 Å². The Morgan fingerprint density at radius 3 is 2.47 bits per heavy atom. The molecule has 0 radical (unpaired) electrons. The van der Waals surface area contributed by atoms with Crippen molar-refractivity contribution in [1.82, 2.24) is 4.57 Å². The van der Waals surface area contributed by atoms with Crippen LogP contribution in [0.3, 0.4) is 0 Å². The summed E-state index contributed by atoms with van der Waals surface area (Å²) in [6.07, 6.45) is 1.99. The van der Waals surface area contributed by atoms with Crippen molar-refractivity contribution in [3.05, 3.63) is 33.5 Å². The highest BCUT2D eigenvalue weighted by Gasteiger charge is 2.12. The molecule has 0 unspecified atom stereocenters. The SMILES string of the molecule is Cn1c(C=NC(C)(C)C)c(I)c2ccccc21. The Hall–Kier alpha value is -0.840. The van der Waals surface area contributed by atoms with Crippen molar-refractivity contribution in [2.24, 2.45) is 12.0 Å². The smallest absolute Gasteiger partial charge is 0.0732 e. The van der Waals surface area contributed by atoms with Crippen molar-refractivity contribution in [2.45, 2.75) is 26.3 Å². The average molecular weight is 340 g/mol. The van der Waals surface area contributed by atoms with Gasteiger partial charge in [0, 0.05) is 27.7 Å². The van der Waals surface area contributed by atoms with E-state index < -0.39 is 0 Å². The molecule has 0 amide bonds. The molecule has 0 fully saturated rings. The number of benzene rings is 1. The quantitative estimate of drug-likeness (QED) is 0.552. The minimum Gasteiger partial charge on any atom is -0.342 e. The highest BCUT2D eigenvalue weighted by Crippen LogP contribution is 2.25. The maximum absolute atomic E-state index is 4.59. The first-order valence-corrected chi connectivity index (χ1v) is 6.76. The number of aromatic nitrogens is 1. The van der Waals surface area contributed by atoms with Gasteiger partial charge in [-0.1, -0.05) is 18.2 Å². The Bertz CT molecular complexity index is 535. The first-order valence-electron chi connectivity index (χ1n) is 5.68. The summed E-state index contributed by atoms with van der Waals surface area (Å²) in [5.41, 5.74) is 2.41. The van der Waals surface area contributed by atoms with Crippen LogP contribution < -0.4 is 0 Å². The molecule has 0 saturated heterocycles. The zero-order valence-corrected chi connectivity index (χ0v) is 12.8. The van der Waals surface area contributed by atoms with Gasteiger partial charge in [-0.05, 0) is 49.4 Å². The number of para-hydroxylation sites is 1. The second-order valence-corrected chi connectivity index (χ2v) is 6.28. The summed E-state index contributed by atoms with van der Waals surface area (Å²) in [6, 6.07) is 8.45. The van der Waals surface area contributed by atoms with Crippen LogP contribution in [0.4, 0.5) is 0 Å². The van der Waals surface area contributed by atoms with Gasteiger partial charge in [-0.2, -0.15) is 0 Å². The molecule has 2 nitrogen and oxygen atoms in total. The molecular formula is C14H17IN2. The maximum Gasteiger partial charge on any atom is 0.0732 e. The van der Waals surface area contributed by atoms with Crippen LogP contribution in [-0.4, -0.2) is 16.3 Å². The maximum atomic E-state index is 4.59. The zero-order valence-electron chi connectivity index (χ0n) is 10.7. The Morgan fingerprint density at radius 2 is 1.88 bits per heavy atom. The number of hydrogen-bond donors (Lipinski definition) is 0. The first kappa shape index (κ1) is 12.6. The van der Waals surface area contributed by atoms with Crippen molar-refractivity contribution in [2.75, 3.05) is 0 Å². The van der Waals surface area contributed by atoms with Gasteiger partial charge >= 0.3 is 0 Å². The summed E-state index contributed by atoms with van der Waals surface area (Å²) in [5.74, 6) is 0. The van der Waals surface area contributed by atoms with Gasteiger partial charge in [0.15, 0.2) is 0 Å². The normalized spacial score (nSPS) is 12.8. The lowest BCUT2D eigenvalue weighted by atomic mass is 10.1. The summed E-state index contributed by atoms with van der Waals surface area (Å²) in [4.78, 5) is 4.59. The fraction of sp³-hybridized carbons (Fsp3) is 0.357. The molecule has 3 heteroatoms. The van der Waals surface area contributed by atoms with Crippen LogP contribution in [0.1, 0.15) is 26.5 Å². The van der Waals surface area contributed by atoms with Crippen LogP contribution in [0.15, 0.2) is 29.3 Å². The number of aliphatic imine (C=N–C) groups is 1. The Morgan fingerprint density at radius 1 is 1.24 bits per heavy atom. The third kappa shape index (κ3) is 2.54. The molecule has 90 valence electrons. The Kier molecular flexibility index (Phi) is 3.30. The van der Waals surface area contributed by atoms with Crippen molar-refractivity contribution < 1.29 is 0 Å². The van der Waals surface area contributed by atoms with Crippen LogP contribution in [0, 0.1) is 3.57 Å². The second-order valence-electron chi connectivity index (χ2n) is 5.20. The molecule has 1 heterocycles. The number of aryl methyl sites for hydroxylation is 1. The van der Waals surface area contributed by atoms with E-state index in [1.165, 1.54) is 20.2 Å². The van der Waals surface area contributed by atoms with E-state index >= 15 is 0 Å². The number of rotatable bonds is 1. The third-order valence-corrected chi connectivity index (χ3v) is 3.80. The molecule has 0 aliphatic carbocycles. The topological polar surface area (TPSA) is 17.3 Å². The van der Waals surface area contributed by atoms with Gasteiger partial charge in [-0.15, -0.1) is 0 Å². The van der Waals surface area contributed by atoms with Gasteiger partial charge in [0.1, 0.15) is 0 Å². The number of fused-ring (bicyclic) bond motifs is 1. The van der Waals surface area contributed by atoms with Gasteiger partial charge in [0.05, 0.1) is 11.2 Å². The van der Waals surface area contributed by atoms with Crippen molar-refractivity contribution in [3.63, 3.8) is 0 Å². The van der Waals surface area contributed by atoms with E-state index in [9.17, 15) is 0 Å². The summed E-state index contributed by atoms with van der Waals surface area (Å²) in [6.45, 7) is 6.33. The van der Waals surface area contributed by atoms with E-state index in [1.807, 2.05) is 6.21 Å². The second kappa shape index (κ2) is 4.44. The lowest BCUT2D eigenvalue weighted by molar-refractivity contribution is 0.586. The molecule has 0 bridgehead atoms. The summed E-state index contributed by atoms with van der Waals surface area (Å²) in [5, 5.41) is 1.30. The van der Waals surface area contributed by atoms with Crippen molar-refractivity contribution >= 4 is 39.7 Å². The fourth-order valence-corrected chi connectivity index (χ4v) is 2.72. The molecule has 2 rings (SSSR count). The molecule has 0 aliphatic rings. The molecular weight excluding hydrogens is 323 g/mol. The van der Waals surface area contributed by atoms with E-state index in [0.29, 0.717) is 0 Å². The molecule has 17 heavy (non-hydrogen) atoms. The molecule has 2 aromatic rings. The van der Waals surface area contributed by atoms with E-state index in [1.54, 1.807) is 0 Å². The van der Waals surface area contributed by atoms with Crippen LogP contribution in [0.2, 0.25) is 0 Å². The molecule has 1 aromatic carbocycles. The predicted molar refractivity (Wildman–Crippen MR) is 83.0 cm³/mol. The average Bonchev–Trinajstić information content (AvgIpc) is 2.49. The van der Waals surface area contributed by atoms with E-state index in [0.717, 1.165) is 0 Å².